The molecule has 0 aliphatic carbocycles. The Labute approximate surface area is 124 Å². The van der Waals surface area contributed by atoms with E-state index in [1.54, 1.807) is 6.07 Å². The largest absolute Gasteiger partial charge is 0.332 e. The van der Waals surface area contributed by atoms with Gasteiger partial charge in [0.1, 0.15) is 0 Å². The van der Waals surface area contributed by atoms with E-state index < -0.39 is 0 Å². The molecule has 2 heterocycles. The molecule has 2 aliphatic heterocycles. The Bertz CT molecular complexity index is 585. The van der Waals surface area contributed by atoms with Gasteiger partial charge < -0.3 is 16.0 Å². The SMILES string of the molecule is CC1CCCC(CN)N1C(=O)c1ccc2c(c1)CC(=O)N2. The first-order valence-electron chi connectivity index (χ1n) is 7.55. The molecule has 0 saturated carbocycles. The van der Waals surface area contributed by atoms with Gasteiger partial charge in [-0.15, -0.1) is 0 Å². The second-order valence-electron chi connectivity index (χ2n) is 5.98. The number of likely N-dealkylation sites (tertiary alicyclic amines) is 1. The van der Waals surface area contributed by atoms with Crippen LogP contribution in [-0.4, -0.2) is 35.3 Å². The second kappa shape index (κ2) is 5.48. The highest BCUT2D eigenvalue weighted by Crippen LogP contribution is 2.28. The van der Waals surface area contributed by atoms with E-state index in [0.717, 1.165) is 30.5 Å². The summed E-state index contributed by atoms with van der Waals surface area (Å²) in [5.74, 6) is 0.0144. The van der Waals surface area contributed by atoms with Crippen molar-refractivity contribution in [1.82, 2.24) is 4.90 Å². The Morgan fingerprint density at radius 1 is 1.43 bits per heavy atom. The molecule has 5 nitrogen and oxygen atoms in total. The zero-order valence-corrected chi connectivity index (χ0v) is 12.3. The lowest BCUT2D eigenvalue weighted by molar-refractivity contribution is -0.115. The Balaban J connectivity index is 1.87. The van der Waals surface area contributed by atoms with Gasteiger partial charge >= 0.3 is 0 Å². The van der Waals surface area contributed by atoms with E-state index in [4.69, 9.17) is 5.73 Å². The van der Waals surface area contributed by atoms with Gasteiger partial charge in [-0.2, -0.15) is 0 Å². The van der Waals surface area contributed by atoms with Gasteiger partial charge in [-0.3, -0.25) is 9.59 Å². The molecule has 1 aromatic rings. The molecule has 0 bridgehead atoms. The van der Waals surface area contributed by atoms with E-state index in [1.165, 1.54) is 0 Å². The Morgan fingerprint density at radius 3 is 3.00 bits per heavy atom. The van der Waals surface area contributed by atoms with Crippen molar-refractivity contribution in [3.05, 3.63) is 29.3 Å². The molecular formula is C16H21N3O2. The normalized spacial score (nSPS) is 24.7. The summed E-state index contributed by atoms with van der Waals surface area (Å²) in [6.45, 7) is 2.58. The first kappa shape index (κ1) is 14.1. The van der Waals surface area contributed by atoms with Crippen LogP contribution in [0.4, 0.5) is 5.69 Å². The highest BCUT2D eigenvalue weighted by molar-refractivity contribution is 6.01. The fourth-order valence-corrected chi connectivity index (χ4v) is 3.40. The average Bonchev–Trinajstić information content (AvgIpc) is 2.85. The van der Waals surface area contributed by atoms with E-state index in [0.29, 0.717) is 18.5 Å². The number of benzene rings is 1. The van der Waals surface area contributed by atoms with Gasteiger partial charge in [0, 0.05) is 29.9 Å². The number of fused-ring (bicyclic) bond motifs is 1. The molecular weight excluding hydrogens is 266 g/mol. The minimum atomic E-state index is -0.0132. The summed E-state index contributed by atoms with van der Waals surface area (Å²) in [7, 11) is 0. The molecule has 2 unspecified atom stereocenters. The fourth-order valence-electron chi connectivity index (χ4n) is 3.40. The first-order valence-corrected chi connectivity index (χ1v) is 7.55. The quantitative estimate of drug-likeness (QED) is 0.866. The minimum Gasteiger partial charge on any atom is -0.332 e. The number of nitrogens with one attached hydrogen (secondary N) is 1. The van der Waals surface area contributed by atoms with Gasteiger partial charge in [-0.25, -0.2) is 0 Å². The van der Waals surface area contributed by atoms with Crippen molar-refractivity contribution in [1.29, 1.82) is 0 Å². The number of carbonyl (C=O) groups excluding carboxylic acids is 2. The molecule has 2 atom stereocenters. The summed E-state index contributed by atoms with van der Waals surface area (Å²) in [5.41, 5.74) is 8.20. The predicted octanol–water partition coefficient (Wildman–Crippen LogP) is 1.52. The van der Waals surface area contributed by atoms with Crippen LogP contribution in [0.25, 0.3) is 0 Å². The second-order valence-corrected chi connectivity index (χ2v) is 5.98. The maximum atomic E-state index is 12.8. The number of rotatable bonds is 2. The van der Waals surface area contributed by atoms with E-state index in [-0.39, 0.29) is 23.9 Å². The number of hydrogen-bond acceptors (Lipinski definition) is 3. The van der Waals surface area contributed by atoms with Crippen molar-refractivity contribution in [2.45, 2.75) is 44.7 Å². The maximum absolute atomic E-state index is 12.8. The van der Waals surface area contributed by atoms with Crippen LogP contribution in [-0.2, 0) is 11.2 Å². The maximum Gasteiger partial charge on any atom is 0.254 e. The molecule has 5 heteroatoms. The Morgan fingerprint density at radius 2 is 2.24 bits per heavy atom. The van der Waals surface area contributed by atoms with E-state index in [9.17, 15) is 9.59 Å². The standard InChI is InChI=1S/C16H21N3O2/c1-10-3-2-4-13(9-17)19(10)16(21)11-5-6-14-12(7-11)8-15(20)18-14/h5-7,10,13H,2-4,8-9,17H2,1H3,(H,18,20). The van der Waals surface area contributed by atoms with Crippen molar-refractivity contribution in [2.24, 2.45) is 5.73 Å². The summed E-state index contributed by atoms with van der Waals surface area (Å²) < 4.78 is 0. The molecule has 112 valence electrons. The summed E-state index contributed by atoms with van der Waals surface area (Å²) in [5, 5.41) is 2.79. The molecule has 1 fully saturated rings. The van der Waals surface area contributed by atoms with Crippen LogP contribution >= 0.6 is 0 Å². The van der Waals surface area contributed by atoms with Gasteiger partial charge in [0.2, 0.25) is 5.91 Å². The number of anilines is 1. The van der Waals surface area contributed by atoms with Gasteiger partial charge in [0.15, 0.2) is 0 Å². The molecule has 2 aliphatic rings. The molecule has 0 radical (unpaired) electrons. The van der Waals surface area contributed by atoms with Crippen molar-refractivity contribution in [3.8, 4) is 0 Å². The van der Waals surface area contributed by atoms with Crippen molar-refractivity contribution >= 4 is 17.5 Å². The van der Waals surface area contributed by atoms with Crippen LogP contribution in [0.15, 0.2) is 18.2 Å². The number of piperidine rings is 1. The molecule has 0 aromatic heterocycles. The van der Waals surface area contributed by atoms with Crippen LogP contribution < -0.4 is 11.1 Å². The average molecular weight is 287 g/mol. The van der Waals surface area contributed by atoms with Gasteiger partial charge in [0.25, 0.3) is 5.91 Å². The Kier molecular flexibility index (Phi) is 3.68. The predicted molar refractivity (Wildman–Crippen MR) is 81.1 cm³/mol. The van der Waals surface area contributed by atoms with E-state index in [2.05, 4.69) is 12.2 Å². The highest BCUT2D eigenvalue weighted by Gasteiger charge is 2.32. The summed E-state index contributed by atoms with van der Waals surface area (Å²) in [4.78, 5) is 26.2. The third-order valence-corrected chi connectivity index (χ3v) is 4.51. The van der Waals surface area contributed by atoms with Crippen molar-refractivity contribution < 1.29 is 9.59 Å². The van der Waals surface area contributed by atoms with Crippen LogP contribution in [0, 0.1) is 0 Å². The third-order valence-electron chi connectivity index (χ3n) is 4.51. The smallest absolute Gasteiger partial charge is 0.254 e. The number of nitrogens with zero attached hydrogens (tertiary/aromatic N) is 1. The number of nitrogens with two attached hydrogens (primary N) is 1. The minimum absolute atomic E-state index is 0.0132. The molecule has 3 N–H and O–H groups in total. The van der Waals surface area contributed by atoms with E-state index >= 15 is 0 Å². The molecule has 1 aromatic carbocycles. The molecule has 0 spiro atoms. The molecule has 21 heavy (non-hydrogen) atoms. The van der Waals surface area contributed by atoms with Gasteiger partial charge in [-0.05, 0) is 49.9 Å². The fraction of sp³-hybridized carbons (Fsp3) is 0.500. The highest BCUT2D eigenvalue weighted by atomic mass is 16.2. The molecule has 1 saturated heterocycles. The number of carbonyl (C=O) groups is 2. The van der Waals surface area contributed by atoms with E-state index in [1.807, 2.05) is 17.0 Å². The first-order chi connectivity index (χ1) is 10.1. The summed E-state index contributed by atoms with van der Waals surface area (Å²) in [6, 6.07) is 5.79. The number of hydrogen-bond donors (Lipinski definition) is 2. The lowest BCUT2D eigenvalue weighted by atomic mass is 9.95. The summed E-state index contributed by atoms with van der Waals surface area (Å²) in [6.07, 6.45) is 3.46. The van der Waals surface area contributed by atoms with Gasteiger partial charge in [0.05, 0.1) is 6.42 Å². The zero-order valence-electron chi connectivity index (χ0n) is 12.3. The van der Waals surface area contributed by atoms with Crippen molar-refractivity contribution in [3.63, 3.8) is 0 Å². The van der Waals surface area contributed by atoms with Crippen LogP contribution in [0.3, 0.4) is 0 Å². The lowest BCUT2D eigenvalue weighted by Gasteiger charge is -2.40. The van der Waals surface area contributed by atoms with Crippen LogP contribution in [0.2, 0.25) is 0 Å². The van der Waals surface area contributed by atoms with Crippen LogP contribution in [0.1, 0.15) is 42.1 Å². The topological polar surface area (TPSA) is 75.4 Å². The monoisotopic (exact) mass is 287 g/mol. The third kappa shape index (κ3) is 2.53. The molecule has 2 amide bonds. The zero-order chi connectivity index (χ0) is 15.0. The molecule has 3 rings (SSSR count). The van der Waals surface area contributed by atoms with Crippen molar-refractivity contribution in [2.75, 3.05) is 11.9 Å². The lowest BCUT2D eigenvalue weighted by Crippen LogP contribution is -2.51. The number of amides is 2. The van der Waals surface area contributed by atoms with Gasteiger partial charge in [-0.1, -0.05) is 0 Å². The van der Waals surface area contributed by atoms with Crippen LogP contribution in [0.5, 0.6) is 0 Å². The summed E-state index contributed by atoms with van der Waals surface area (Å²) >= 11 is 0. The Hall–Kier alpha value is -1.88.